The summed E-state index contributed by atoms with van der Waals surface area (Å²) in [7, 11) is 2.42. The fourth-order valence-corrected chi connectivity index (χ4v) is 4.37. The second-order valence-electron chi connectivity index (χ2n) is 6.24. The first-order valence-electron chi connectivity index (χ1n) is 8.54. The smallest absolute Gasteiger partial charge is 0.126 e. The highest BCUT2D eigenvalue weighted by molar-refractivity contribution is 7.56. The highest BCUT2D eigenvalue weighted by Crippen LogP contribution is 2.26. The zero-order valence-electron chi connectivity index (χ0n) is 14.7. The van der Waals surface area contributed by atoms with Gasteiger partial charge in [0.05, 0.1) is 0 Å². The molecule has 0 saturated heterocycles. The Hall–Kier alpha value is -2.15. The molecule has 0 saturated carbocycles. The molecule has 3 heteroatoms. The van der Waals surface area contributed by atoms with Crippen LogP contribution >= 0.6 is 8.58 Å². The van der Waals surface area contributed by atoms with Gasteiger partial charge in [-0.15, -0.1) is 0 Å². The van der Waals surface area contributed by atoms with Crippen LogP contribution in [0.1, 0.15) is 22.3 Å². The van der Waals surface area contributed by atoms with Gasteiger partial charge in [-0.1, -0.05) is 75.3 Å². The molecule has 0 aliphatic carbocycles. The normalized spacial score (nSPS) is 11.3. The van der Waals surface area contributed by atoms with E-state index in [0.29, 0.717) is 14.3 Å². The molecule has 0 fully saturated rings. The summed E-state index contributed by atoms with van der Waals surface area (Å²) in [6, 6.07) is 22.8. The van der Waals surface area contributed by atoms with E-state index in [-0.39, 0.29) is 0 Å². The van der Waals surface area contributed by atoms with E-state index in [4.69, 9.17) is 0 Å². The third-order valence-corrected chi connectivity index (χ3v) is 5.98. The Morgan fingerprint density at radius 1 is 0.880 bits per heavy atom. The van der Waals surface area contributed by atoms with Gasteiger partial charge < -0.3 is 10.4 Å². The lowest BCUT2D eigenvalue weighted by molar-refractivity contribution is 0.474. The second kappa shape index (κ2) is 8.29. The van der Waals surface area contributed by atoms with Crippen LogP contribution in [0.2, 0.25) is 0 Å². The number of aromatic hydroxyl groups is 1. The van der Waals surface area contributed by atoms with Crippen LogP contribution in [0.15, 0.2) is 66.7 Å². The molecule has 0 radical (unpaired) electrons. The average Bonchev–Trinajstić information content (AvgIpc) is 2.62. The Morgan fingerprint density at radius 3 is 2.36 bits per heavy atom. The molecule has 1 unspecified atom stereocenters. The maximum Gasteiger partial charge on any atom is 0.126 e. The minimum absolute atomic E-state index is 0.434. The van der Waals surface area contributed by atoms with Crippen molar-refractivity contribution in [3.63, 3.8) is 0 Å². The predicted molar refractivity (Wildman–Crippen MR) is 109 cm³/mol. The van der Waals surface area contributed by atoms with Gasteiger partial charge in [-0.05, 0) is 41.5 Å². The molecule has 0 bridgehead atoms. The van der Waals surface area contributed by atoms with Crippen molar-refractivity contribution in [2.75, 3.05) is 7.05 Å². The van der Waals surface area contributed by atoms with Crippen LogP contribution in [0.4, 0.5) is 0 Å². The molecule has 0 aliphatic rings. The Kier molecular flexibility index (Phi) is 5.86. The third kappa shape index (κ3) is 4.28. The maximum atomic E-state index is 10.8. The van der Waals surface area contributed by atoms with Crippen molar-refractivity contribution in [2.45, 2.75) is 19.9 Å². The molecule has 3 aromatic rings. The average molecular weight is 349 g/mol. The van der Waals surface area contributed by atoms with Crippen LogP contribution in [0.5, 0.6) is 5.75 Å². The molecule has 3 aromatic carbocycles. The minimum atomic E-state index is 0.434. The van der Waals surface area contributed by atoms with Crippen molar-refractivity contribution >= 4 is 19.2 Å². The standard InChI is InChI=1S/C22H24NOP/c1-16-8-6-12-19(15-23-2)22(16)25-20-13-7-11-18(21(20)24)14-17-9-4-3-5-10-17/h3-13,23-25H,14-15H2,1-2H3. The maximum absolute atomic E-state index is 10.8. The fraction of sp³-hybridized carbons (Fsp3) is 0.182. The largest absolute Gasteiger partial charge is 0.507 e. The monoisotopic (exact) mass is 349 g/mol. The van der Waals surface area contributed by atoms with Gasteiger partial charge in [0, 0.05) is 18.3 Å². The summed E-state index contributed by atoms with van der Waals surface area (Å²) in [5, 5.41) is 16.4. The molecular weight excluding hydrogens is 325 g/mol. The van der Waals surface area contributed by atoms with Crippen LogP contribution < -0.4 is 15.9 Å². The van der Waals surface area contributed by atoms with Gasteiger partial charge in [0.25, 0.3) is 0 Å². The van der Waals surface area contributed by atoms with E-state index in [1.54, 1.807) is 0 Å². The van der Waals surface area contributed by atoms with Crippen molar-refractivity contribution in [3.05, 3.63) is 89.0 Å². The summed E-state index contributed by atoms with van der Waals surface area (Å²) in [4.78, 5) is 0. The van der Waals surface area contributed by atoms with Gasteiger partial charge in [-0.25, -0.2) is 0 Å². The number of phenols is 1. The molecule has 0 aromatic heterocycles. The molecular formula is C22H24NOP. The summed E-state index contributed by atoms with van der Waals surface area (Å²) >= 11 is 0. The zero-order chi connectivity index (χ0) is 17.6. The molecule has 0 aliphatic heterocycles. The van der Waals surface area contributed by atoms with E-state index in [1.165, 1.54) is 22.0 Å². The van der Waals surface area contributed by atoms with Crippen LogP contribution in [0.3, 0.4) is 0 Å². The summed E-state index contributed by atoms with van der Waals surface area (Å²) in [5.74, 6) is 0.434. The van der Waals surface area contributed by atoms with Crippen LogP contribution in [0, 0.1) is 6.92 Å². The summed E-state index contributed by atoms with van der Waals surface area (Å²) in [6.45, 7) is 2.99. The summed E-state index contributed by atoms with van der Waals surface area (Å²) in [6.07, 6.45) is 0.752. The van der Waals surface area contributed by atoms with E-state index in [0.717, 1.165) is 23.8 Å². The van der Waals surface area contributed by atoms with Crippen LogP contribution in [0.25, 0.3) is 0 Å². The van der Waals surface area contributed by atoms with Gasteiger partial charge in [-0.2, -0.15) is 0 Å². The van der Waals surface area contributed by atoms with Crippen molar-refractivity contribution in [2.24, 2.45) is 0 Å². The first-order chi connectivity index (χ1) is 12.2. The van der Waals surface area contributed by atoms with Gasteiger partial charge in [0.15, 0.2) is 0 Å². The van der Waals surface area contributed by atoms with Crippen LogP contribution in [-0.4, -0.2) is 12.2 Å². The lowest BCUT2D eigenvalue weighted by Gasteiger charge is -2.15. The number of aryl methyl sites for hydroxylation is 1. The van der Waals surface area contributed by atoms with Gasteiger partial charge in [0.2, 0.25) is 0 Å². The molecule has 0 heterocycles. The van der Waals surface area contributed by atoms with E-state index < -0.39 is 0 Å². The Labute approximate surface area is 151 Å². The van der Waals surface area contributed by atoms with Crippen molar-refractivity contribution < 1.29 is 5.11 Å². The molecule has 2 N–H and O–H groups in total. The van der Waals surface area contributed by atoms with E-state index in [9.17, 15) is 5.11 Å². The summed E-state index contributed by atoms with van der Waals surface area (Å²) < 4.78 is 0. The Balaban J connectivity index is 1.91. The number of rotatable bonds is 6. The number of para-hydroxylation sites is 1. The van der Waals surface area contributed by atoms with Crippen molar-refractivity contribution in [1.82, 2.24) is 5.32 Å². The molecule has 3 rings (SSSR count). The lowest BCUT2D eigenvalue weighted by atomic mass is 10.0. The number of hydrogen-bond donors (Lipinski definition) is 2. The summed E-state index contributed by atoms with van der Waals surface area (Å²) in [5.41, 5.74) is 4.78. The van der Waals surface area contributed by atoms with Gasteiger partial charge in [-0.3, -0.25) is 0 Å². The number of nitrogens with one attached hydrogen (secondary N) is 1. The Bertz CT molecular complexity index is 846. The number of hydrogen-bond acceptors (Lipinski definition) is 2. The quantitative estimate of drug-likeness (QED) is 0.666. The zero-order valence-corrected chi connectivity index (χ0v) is 15.7. The van der Waals surface area contributed by atoms with E-state index in [2.05, 4.69) is 48.6 Å². The third-order valence-electron chi connectivity index (χ3n) is 4.34. The van der Waals surface area contributed by atoms with E-state index in [1.807, 2.05) is 37.4 Å². The first kappa shape index (κ1) is 17.7. The highest BCUT2D eigenvalue weighted by Gasteiger charge is 2.12. The fourth-order valence-electron chi connectivity index (χ4n) is 3.03. The minimum Gasteiger partial charge on any atom is -0.507 e. The molecule has 1 atom stereocenters. The molecule has 0 spiro atoms. The van der Waals surface area contributed by atoms with Crippen molar-refractivity contribution in [3.8, 4) is 5.75 Å². The topological polar surface area (TPSA) is 32.3 Å². The van der Waals surface area contributed by atoms with Crippen molar-refractivity contribution in [1.29, 1.82) is 0 Å². The van der Waals surface area contributed by atoms with Gasteiger partial charge >= 0.3 is 0 Å². The SMILES string of the molecule is CNCc1cccc(C)c1Pc1cccc(Cc2ccccc2)c1O. The molecule has 128 valence electrons. The first-order valence-corrected chi connectivity index (χ1v) is 9.54. The molecule has 25 heavy (non-hydrogen) atoms. The van der Waals surface area contributed by atoms with Gasteiger partial charge in [0.1, 0.15) is 5.75 Å². The number of benzene rings is 3. The second-order valence-corrected chi connectivity index (χ2v) is 7.53. The Morgan fingerprint density at radius 2 is 1.60 bits per heavy atom. The number of phenolic OH excluding ortho intramolecular Hbond substituents is 1. The van der Waals surface area contributed by atoms with Crippen LogP contribution in [-0.2, 0) is 13.0 Å². The molecule has 0 amide bonds. The lowest BCUT2D eigenvalue weighted by Crippen LogP contribution is -2.17. The molecule has 2 nitrogen and oxygen atoms in total. The predicted octanol–water partition coefficient (Wildman–Crippen LogP) is 3.64. The van der Waals surface area contributed by atoms with E-state index >= 15 is 0 Å². The highest BCUT2D eigenvalue weighted by atomic mass is 31.1.